The minimum Gasteiger partial charge on any atom is -0.310 e. The van der Waals surface area contributed by atoms with E-state index in [9.17, 15) is 0 Å². The van der Waals surface area contributed by atoms with Crippen LogP contribution in [0.5, 0.6) is 0 Å². The topological polar surface area (TPSA) is 11.4 Å². The van der Waals surface area contributed by atoms with Crippen molar-refractivity contribution in [3.05, 3.63) is 236 Å². The van der Waals surface area contributed by atoms with E-state index in [1.54, 1.807) is 0 Å². The molecule has 0 saturated carbocycles. The molecule has 0 N–H and O–H groups in total. The summed E-state index contributed by atoms with van der Waals surface area (Å²) in [5.41, 5.74) is 12.8. The lowest BCUT2D eigenvalue weighted by molar-refractivity contribution is 0.590. The van der Waals surface area contributed by atoms with Crippen LogP contribution in [-0.4, -0.2) is 4.57 Å². The smallest absolute Gasteiger partial charge is 0.0568 e. The van der Waals surface area contributed by atoms with E-state index in [0.29, 0.717) is 0 Å². The Morgan fingerprint density at radius 2 is 0.652 bits per heavy atom. The fourth-order valence-electron chi connectivity index (χ4n) is 10.8. The zero-order valence-corrected chi connectivity index (χ0v) is 40.2. The van der Waals surface area contributed by atoms with Crippen LogP contribution < -0.4 is 9.80 Å². The summed E-state index contributed by atoms with van der Waals surface area (Å²) in [6.07, 6.45) is 0. The zero-order chi connectivity index (χ0) is 47.0. The van der Waals surface area contributed by atoms with E-state index in [-0.39, 0.29) is 10.8 Å². The van der Waals surface area contributed by atoms with Crippen molar-refractivity contribution < 1.29 is 0 Å². The summed E-state index contributed by atoms with van der Waals surface area (Å²) in [5.74, 6) is 0. The number of anilines is 6. The van der Waals surface area contributed by atoms with Crippen molar-refractivity contribution in [3.63, 3.8) is 0 Å². The molecule has 0 saturated heterocycles. The highest BCUT2D eigenvalue weighted by Crippen LogP contribution is 2.51. The predicted octanol–water partition coefficient (Wildman–Crippen LogP) is 18.9. The van der Waals surface area contributed by atoms with Crippen molar-refractivity contribution in [3.8, 4) is 5.69 Å². The first-order valence-electron chi connectivity index (χ1n) is 24.3. The lowest BCUT2D eigenvalue weighted by atomic mass is 9.87. The van der Waals surface area contributed by atoms with Gasteiger partial charge in [0.2, 0.25) is 0 Å². The predicted molar refractivity (Wildman–Crippen MR) is 298 cm³/mol. The quantitative estimate of drug-likeness (QED) is 0.148. The van der Waals surface area contributed by atoms with Crippen molar-refractivity contribution >= 4 is 99.0 Å². The number of hydrogen-bond donors (Lipinski definition) is 0. The maximum atomic E-state index is 2.59. The molecule has 0 aliphatic heterocycles. The molecule has 334 valence electrons. The Labute approximate surface area is 405 Å². The molecule has 0 bridgehead atoms. The van der Waals surface area contributed by atoms with Crippen LogP contribution in [0, 0.1) is 0 Å². The molecule has 0 amide bonds. The van der Waals surface area contributed by atoms with Crippen LogP contribution in [0.25, 0.3) is 70.6 Å². The first kappa shape index (κ1) is 42.2. The first-order valence-corrected chi connectivity index (χ1v) is 24.3. The number of para-hydroxylation sites is 2. The average Bonchev–Trinajstić information content (AvgIpc) is 3.71. The largest absolute Gasteiger partial charge is 0.310 e. The van der Waals surface area contributed by atoms with Crippen LogP contribution in [0.15, 0.2) is 224 Å². The summed E-state index contributed by atoms with van der Waals surface area (Å²) in [6, 6.07) is 83.4. The van der Waals surface area contributed by atoms with E-state index in [4.69, 9.17) is 0 Å². The molecule has 0 radical (unpaired) electrons. The number of aromatic nitrogens is 1. The molecule has 12 rings (SSSR count). The average molecular weight is 890 g/mol. The molecule has 1 heterocycles. The number of hydrogen-bond acceptors (Lipinski definition) is 2. The lowest BCUT2D eigenvalue weighted by Crippen LogP contribution is -2.13. The Morgan fingerprint density at radius 3 is 1.09 bits per heavy atom. The second-order valence-corrected chi connectivity index (χ2v) is 20.6. The van der Waals surface area contributed by atoms with E-state index in [2.05, 4.69) is 280 Å². The van der Waals surface area contributed by atoms with Gasteiger partial charge in [0.15, 0.2) is 0 Å². The normalized spacial score (nSPS) is 12.2. The van der Waals surface area contributed by atoms with Gasteiger partial charge in [-0.3, -0.25) is 0 Å². The summed E-state index contributed by atoms with van der Waals surface area (Å²) in [7, 11) is 0. The molecule has 0 fully saturated rings. The molecule has 0 aliphatic carbocycles. The Hall–Kier alpha value is -8.14. The van der Waals surface area contributed by atoms with Crippen molar-refractivity contribution in [1.29, 1.82) is 0 Å². The number of rotatable bonds is 7. The SMILES string of the molecule is CC(C)(C)c1ccc(N(c2ccccc2)c2cc3c(c4ccccc24)c2c4ccccc4c(N(c4ccccc4)c4ccc(C(C)(C)C)cc4)cc2n3-c2cc3ccccc3c3ccccc23)cc1. The molecule has 69 heavy (non-hydrogen) atoms. The van der Waals surface area contributed by atoms with Gasteiger partial charge in [-0.25, -0.2) is 0 Å². The van der Waals surface area contributed by atoms with Crippen molar-refractivity contribution in [2.75, 3.05) is 9.80 Å². The van der Waals surface area contributed by atoms with Gasteiger partial charge in [-0.15, -0.1) is 0 Å². The summed E-state index contributed by atoms with van der Waals surface area (Å²) >= 11 is 0. The van der Waals surface area contributed by atoms with Crippen LogP contribution in [0.1, 0.15) is 52.7 Å². The monoisotopic (exact) mass is 889 g/mol. The van der Waals surface area contributed by atoms with Gasteiger partial charge in [0.1, 0.15) is 0 Å². The summed E-state index contributed by atoms with van der Waals surface area (Å²) in [4.78, 5) is 4.91. The number of nitrogens with zero attached hydrogens (tertiary/aromatic N) is 3. The van der Waals surface area contributed by atoms with Gasteiger partial charge in [0.05, 0.1) is 28.1 Å². The van der Waals surface area contributed by atoms with Crippen LogP contribution in [-0.2, 0) is 10.8 Å². The minimum atomic E-state index is 0.0267. The van der Waals surface area contributed by atoms with E-state index >= 15 is 0 Å². The van der Waals surface area contributed by atoms with Gasteiger partial charge < -0.3 is 14.4 Å². The molecule has 0 atom stereocenters. The van der Waals surface area contributed by atoms with Gasteiger partial charge in [0.25, 0.3) is 0 Å². The van der Waals surface area contributed by atoms with Gasteiger partial charge in [-0.1, -0.05) is 199 Å². The molecule has 12 aromatic rings. The molecule has 11 aromatic carbocycles. The van der Waals surface area contributed by atoms with Crippen molar-refractivity contribution in [2.24, 2.45) is 0 Å². The van der Waals surface area contributed by atoms with Crippen LogP contribution >= 0.6 is 0 Å². The molecule has 3 nitrogen and oxygen atoms in total. The van der Waals surface area contributed by atoms with E-state index < -0.39 is 0 Å². The van der Waals surface area contributed by atoms with E-state index in [0.717, 1.165) is 50.8 Å². The van der Waals surface area contributed by atoms with Crippen molar-refractivity contribution in [1.82, 2.24) is 4.57 Å². The highest BCUT2D eigenvalue weighted by atomic mass is 15.2. The second-order valence-electron chi connectivity index (χ2n) is 20.6. The van der Waals surface area contributed by atoms with Gasteiger partial charge in [-0.2, -0.15) is 0 Å². The number of benzene rings is 11. The molecule has 1 aromatic heterocycles. The lowest BCUT2D eigenvalue weighted by Gasteiger charge is -2.28. The van der Waals surface area contributed by atoms with E-state index in [1.165, 1.54) is 65.0 Å². The molecule has 0 aliphatic rings. The Balaban J connectivity index is 1.26. The van der Waals surface area contributed by atoms with E-state index in [1.807, 2.05) is 0 Å². The highest BCUT2D eigenvalue weighted by Gasteiger charge is 2.27. The Kier molecular flexibility index (Phi) is 9.97. The van der Waals surface area contributed by atoms with Crippen LogP contribution in [0.4, 0.5) is 34.1 Å². The van der Waals surface area contributed by atoms with Gasteiger partial charge in [-0.05, 0) is 116 Å². The third-order valence-corrected chi connectivity index (χ3v) is 14.2. The molecular formula is C66H55N3. The van der Waals surface area contributed by atoms with Gasteiger partial charge in [0, 0.05) is 49.7 Å². The Morgan fingerprint density at radius 1 is 0.304 bits per heavy atom. The zero-order valence-electron chi connectivity index (χ0n) is 40.2. The molecular weight excluding hydrogens is 835 g/mol. The number of fused-ring (bicyclic) bond motifs is 10. The molecule has 0 unspecified atom stereocenters. The summed E-state index contributed by atoms with van der Waals surface area (Å²) < 4.78 is 2.59. The van der Waals surface area contributed by atoms with Gasteiger partial charge >= 0.3 is 0 Å². The van der Waals surface area contributed by atoms with Crippen molar-refractivity contribution in [2.45, 2.75) is 52.4 Å². The maximum Gasteiger partial charge on any atom is 0.0568 e. The van der Waals surface area contributed by atoms with Crippen LogP contribution in [0.3, 0.4) is 0 Å². The fraction of sp³-hybridized carbons (Fsp3) is 0.121. The molecule has 3 heteroatoms. The second kappa shape index (κ2) is 16.3. The maximum absolute atomic E-state index is 2.59. The fourth-order valence-corrected chi connectivity index (χ4v) is 10.8. The Bertz CT molecular complexity index is 3690. The third kappa shape index (κ3) is 7.11. The van der Waals surface area contributed by atoms with Crippen LogP contribution in [0.2, 0.25) is 0 Å². The highest BCUT2D eigenvalue weighted by molar-refractivity contribution is 6.32. The summed E-state index contributed by atoms with van der Waals surface area (Å²) in [5, 5.41) is 12.2. The minimum absolute atomic E-state index is 0.0267. The first-order chi connectivity index (χ1) is 33.5. The summed E-state index contributed by atoms with van der Waals surface area (Å²) in [6.45, 7) is 13.7. The third-order valence-electron chi connectivity index (χ3n) is 14.2. The standard InChI is InChI=1S/C66H55N3/c1-65(2,3)45-33-37-49(38-34-45)67(47-22-9-7-10-23-47)59-42-61-63(56-31-19-17-29-54(56)59)64-57-32-20-18-30-55(57)60(68(48-24-11-8-12-25-48)50-39-35-46(36-40-50)66(4,5)6)43-62(64)69(61)58-41-44-21-13-14-26-51(44)52-27-15-16-28-53(52)58/h7-43H,1-6H3. The molecule has 0 spiro atoms.